The Labute approximate surface area is 151 Å². The number of unbranched alkanes of at least 4 members (excludes halogenated alkanes) is 1. The fraction of sp³-hybridized carbons (Fsp3) is 0.588. The highest BCUT2D eigenvalue weighted by Gasteiger charge is 2.30. The lowest BCUT2D eigenvalue weighted by molar-refractivity contribution is -0.143. The Kier molecular flexibility index (Phi) is 8.52. The number of benzene rings is 1. The molecule has 0 saturated carbocycles. The molecule has 1 aliphatic rings. The van der Waals surface area contributed by atoms with Crippen LogP contribution in [0.4, 0.5) is 13.2 Å². The maximum absolute atomic E-state index is 12.6. The van der Waals surface area contributed by atoms with Crippen LogP contribution in [0.1, 0.15) is 31.2 Å². The molecule has 4 nitrogen and oxygen atoms in total. The van der Waals surface area contributed by atoms with Crippen LogP contribution in [-0.4, -0.2) is 42.2 Å². The van der Waals surface area contributed by atoms with Gasteiger partial charge >= 0.3 is 12.1 Å². The first-order chi connectivity index (χ1) is 11.4. The summed E-state index contributed by atoms with van der Waals surface area (Å²) < 4.78 is 43.2. The minimum atomic E-state index is -4.36. The van der Waals surface area contributed by atoms with Crippen LogP contribution in [-0.2, 0) is 11.0 Å². The Morgan fingerprint density at radius 2 is 1.92 bits per heavy atom. The summed E-state index contributed by atoms with van der Waals surface area (Å²) in [5.74, 6) is -0.721. The van der Waals surface area contributed by atoms with Crippen molar-refractivity contribution in [1.82, 2.24) is 4.90 Å². The molecule has 2 rings (SSSR count). The summed E-state index contributed by atoms with van der Waals surface area (Å²) in [5.41, 5.74) is -0.707. The molecule has 1 aromatic rings. The summed E-state index contributed by atoms with van der Waals surface area (Å²) >= 11 is 0. The predicted octanol–water partition coefficient (Wildman–Crippen LogP) is 4.08. The summed E-state index contributed by atoms with van der Waals surface area (Å²) in [4.78, 5) is 13.1. The first kappa shape index (κ1) is 21.6. The first-order valence-electron chi connectivity index (χ1n) is 8.11. The summed E-state index contributed by atoms with van der Waals surface area (Å²) in [6, 6.07) is 4.89. The van der Waals surface area contributed by atoms with Crippen LogP contribution in [0.2, 0.25) is 0 Å². The SMILES string of the molecule is Cl.O=C(O)C1CCN(CCCCOc2cccc(C(F)(F)F)c2)CC1. The van der Waals surface area contributed by atoms with Crippen molar-refractivity contribution in [3.8, 4) is 5.75 Å². The van der Waals surface area contributed by atoms with Gasteiger partial charge in [-0.1, -0.05) is 6.07 Å². The summed E-state index contributed by atoms with van der Waals surface area (Å²) in [7, 11) is 0. The van der Waals surface area contributed by atoms with Crippen LogP contribution < -0.4 is 4.74 Å². The lowest BCUT2D eigenvalue weighted by Gasteiger charge is -2.29. The van der Waals surface area contributed by atoms with E-state index in [4.69, 9.17) is 9.84 Å². The van der Waals surface area contributed by atoms with Crippen LogP contribution in [0.3, 0.4) is 0 Å². The summed E-state index contributed by atoms with van der Waals surface area (Å²) in [6.07, 6.45) is -1.39. The van der Waals surface area contributed by atoms with Gasteiger partial charge in [0.1, 0.15) is 5.75 Å². The predicted molar refractivity (Wildman–Crippen MR) is 90.2 cm³/mol. The van der Waals surface area contributed by atoms with Crippen molar-refractivity contribution >= 4 is 18.4 Å². The van der Waals surface area contributed by atoms with Crippen molar-refractivity contribution in [2.45, 2.75) is 31.9 Å². The van der Waals surface area contributed by atoms with E-state index in [-0.39, 0.29) is 24.1 Å². The van der Waals surface area contributed by atoms with E-state index in [9.17, 15) is 18.0 Å². The average Bonchev–Trinajstić information content (AvgIpc) is 2.54. The van der Waals surface area contributed by atoms with Crippen molar-refractivity contribution in [2.75, 3.05) is 26.2 Å². The third-order valence-corrected chi connectivity index (χ3v) is 4.24. The topological polar surface area (TPSA) is 49.8 Å². The maximum atomic E-state index is 12.6. The molecule has 1 saturated heterocycles. The van der Waals surface area contributed by atoms with Crippen LogP contribution in [0, 0.1) is 5.92 Å². The number of likely N-dealkylation sites (tertiary alicyclic amines) is 1. The van der Waals surface area contributed by atoms with Gasteiger partial charge in [-0.3, -0.25) is 4.79 Å². The number of nitrogens with zero attached hydrogens (tertiary/aromatic N) is 1. The Balaban J connectivity index is 0.00000312. The molecule has 0 aliphatic carbocycles. The minimum absolute atomic E-state index is 0. The zero-order valence-corrected chi connectivity index (χ0v) is 14.6. The molecule has 1 aliphatic heterocycles. The van der Waals surface area contributed by atoms with E-state index in [2.05, 4.69) is 4.90 Å². The molecule has 1 aromatic carbocycles. The second-order valence-electron chi connectivity index (χ2n) is 6.04. The standard InChI is InChI=1S/C17H22F3NO3.ClH/c18-17(19,20)14-4-3-5-15(12-14)24-11-2-1-8-21-9-6-13(7-10-21)16(22)23;/h3-5,12-13H,1-2,6-11H2,(H,22,23);1H. The molecule has 25 heavy (non-hydrogen) atoms. The van der Waals surface area contributed by atoms with Gasteiger partial charge in [0.2, 0.25) is 0 Å². The number of alkyl halides is 3. The van der Waals surface area contributed by atoms with E-state index < -0.39 is 17.7 Å². The van der Waals surface area contributed by atoms with E-state index in [0.29, 0.717) is 19.4 Å². The van der Waals surface area contributed by atoms with Crippen molar-refractivity contribution < 1.29 is 27.8 Å². The molecule has 1 N–H and O–H groups in total. The Morgan fingerprint density at radius 1 is 1.24 bits per heavy atom. The second kappa shape index (κ2) is 9.87. The molecule has 0 bridgehead atoms. The van der Waals surface area contributed by atoms with Crippen LogP contribution in [0.5, 0.6) is 5.75 Å². The van der Waals surface area contributed by atoms with Gasteiger partial charge in [0, 0.05) is 0 Å². The normalized spacial score (nSPS) is 16.3. The number of carboxylic acid groups (broad SMARTS) is 1. The maximum Gasteiger partial charge on any atom is 0.416 e. The van der Waals surface area contributed by atoms with E-state index in [1.807, 2.05) is 0 Å². The molecular weight excluding hydrogens is 359 g/mol. The molecule has 0 radical (unpaired) electrons. The molecule has 0 aromatic heterocycles. The molecule has 0 atom stereocenters. The molecule has 1 fully saturated rings. The summed E-state index contributed by atoms with van der Waals surface area (Å²) in [5, 5.41) is 8.94. The van der Waals surface area contributed by atoms with E-state index >= 15 is 0 Å². The van der Waals surface area contributed by atoms with Crippen LogP contribution >= 0.6 is 12.4 Å². The van der Waals surface area contributed by atoms with Crippen molar-refractivity contribution in [3.63, 3.8) is 0 Å². The fourth-order valence-electron chi connectivity index (χ4n) is 2.79. The highest BCUT2D eigenvalue weighted by Crippen LogP contribution is 2.31. The smallest absolute Gasteiger partial charge is 0.416 e. The number of halogens is 4. The van der Waals surface area contributed by atoms with Gasteiger partial charge < -0.3 is 14.7 Å². The van der Waals surface area contributed by atoms with Gasteiger partial charge in [-0.25, -0.2) is 0 Å². The summed E-state index contributed by atoms with van der Waals surface area (Å²) in [6.45, 7) is 2.79. The monoisotopic (exact) mass is 381 g/mol. The molecular formula is C17H23ClF3NO3. The number of hydrogen-bond donors (Lipinski definition) is 1. The first-order valence-corrected chi connectivity index (χ1v) is 8.11. The van der Waals surface area contributed by atoms with E-state index in [1.54, 1.807) is 0 Å². The van der Waals surface area contributed by atoms with Gasteiger partial charge in [0.05, 0.1) is 18.1 Å². The molecule has 142 valence electrons. The number of aliphatic carboxylic acids is 1. The van der Waals surface area contributed by atoms with Gasteiger partial charge in [-0.15, -0.1) is 12.4 Å². The van der Waals surface area contributed by atoms with Crippen LogP contribution in [0.15, 0.2) is 24.3 Å². The largest absolute Gasteiger partial charge is 0.494 e. The second-order valence-corrected chi connectivity index (χ2v) is 6.04. The van der Waals surface area contributed by atoms with Gasteiger partial charge in [-0.05, 0) is 63.5 Å². The highest BCUT2D eigenvalue weighted by atomic mass is 35.5. The average molecular weight is 382 g/mol. The number of carbonyl (C=O) groups is 1. The van der Waals surface area contributed by atoms with E-state index in [1.165, 1.54) is 12.1 Å². The Hall–Kier alpha value is -1.47. The van der Waals surface area contributed by atoms with Crippen molar-refractivity contribution in [1.29, 1.82) is 0 Å². The number of ether oxygens (including phenoxy) is 1. The van der Waals surface area contributed by atoms with Gasteiger partial charge in [0.25, 0.3) is 0 Å². The highest BCUT2D eigenvalue weighted by molar-refractivity contribution is 5.85. The van der Waals surface area contributed by atoms with Crippen molar-refractivity contribution in [3.05, 3.63) is 29.8 Å². The molecule has 8 heteroatoms. The van der Waals surface area contributed by atoms with Crippen LogP contribution in [0.25, 0.3) is 0 Å². The molecule has 1 heterocycles. The molecule has 0 spiro atoms. The Bertz CT molecular complexity index is 546. The molecule has 0 amide bonds. The molecule has 0 unspecified atom stereocenters. The lowest BCUT2D eigenvalue weighted by atomic mass is 9.97. The van der Waals surface area contributed by atoms with Crippen molar-refractivity contribution in [2.24, 2.45) is 5.92 Å². The lowest BCUT2D eigenvalue weighted by Crippen LogP contribution is -2.36. The number of carboxylic acids is 1. The minimum Gasteiger partial charge on any atom is -0.494 e. The van der Waals surface area contributed by atoms with Gasteiger partial charge in [-0.2, -0.15) is 13.2 Å². The number of rotatable bonds is 7. The quantitative estimate of drug-likeness (QED) is 0.723. The number of piperidine rings is 1. The third-order valence-electron chi connectivity index (χ3n) is 4.24. The zero-order chi connectivity index (χ0) is 17.6. The van der Waals surface area contributed by atoms with Gasteiger partial charge in [0.15, 0.2) is 0 Å². The Morgan fingerprint density at radius 3 is 2.52 bits per heavy atom. The number of hydrogen-bond acceptors (Lipinski definition) is 3. The zero-order valence-electron chi connectivity index (χ0n) is 13.8. The van der Waals surface area contributed by atoms with E-state index in [0.717, 1.165) is 44.6 Å². The third kappa shape index (κ3) is 7.12. The fourth-order valence-corrected chi connectivity index (χ4v) is 2.79.